The standard InChI is InChI=1S/C23H28Si2/c1-24(2)16-23(25(3,4)5)20-13-9-8-12-19(20)22-18-11-7-6-10-17(18)14-15-21(22)23/h6-15,24H,16H2,1-5H3. The molecule has 0 amide bonds. The molecule has 1 aliphatic rings. The van der Waals surface area contributed by atoms with E-state index in [4.69, 9.17) is 0 Å². The fourth-order valence-electron chi connectivity index (χ4n) is 5.08. The Balaban J connectivity index is 2.18. The van der Waals surface area contributed by atoms with Gasteiger partial charge in [-0.15, -0.1) is 0 Å². The van der Waals surface area contributed by atoms with Crippen molar-refractivity contribution >= 4 is 27.6 Å². The summed E-state index contributed by atoms with van der Waals surface area (Å²) in [5.41, 5.74) is 6.24. The molecule has 0 aromatic heterocycles. The normalized spacial score (nSPS) is 19.3. The van der Waals surface area contributed by atoms with Gasteiger partial charge in [0.05, 0.1) is 8.07 Å². The Kier molecular flexibility index (Phi) is 3.82. The van der Waals surface area contributed by atoms with Gasteiger partial charge >= 0.3 is 0 Å². The summed E-state index contributed by atoms with van der Waals surface area (Å²) in [4.78, 5) is 0. The Hall–Kier alpha value is -1.65. The third-order valence-electron chi connectivity index (χ3n) is 6.04. The zero-order chi connectivity index (χ0) is 17.8. The van der Waals surface area contributed by atoms with Crippen LogP contribution < -0.4 is 0 Å². The lowest BCUT2D eigenvalue weighted by Gasteiger charge is -2.44. The smallest absolute Gasteiger partial charge is 0.0609 e. The molecule has 3 aromatic carbocycles. The molecule has 1 atom stereocenters. The molecule has 0 N–H and O–H groups in total. The van der Waals surface area contributed by atoms with Crippen LogP contribution in [-0.2, 0) is 5.04 Å². The number of benzene rings is 3. The van der Waals surface area contributed by atoms with Crippen molar-refractivity contribution in [1.82, 2.24) is 0 Å². The summed E-state index contributed by atoms with van der Waals surface area (Å²) in [5, 5.41) is 3.06. The first kappa shape index (κ1) is 16.8. The first-order valence-corrected chi connectivity index (χ1v) is 16.1. The minimum Gasteiger partial charge on any atom is -0.0722 e. The number of hydrogen-bond acceptors (Lipinski definition) is 0. The van der Waals surface area contributed by atoms with Crippen LogP contribution in [0.15, 0.2) is 60.7 Å². The lowest BCUT2D eigenvalue weighted by Crippen LogP contribution is -2.50. The Morgan fingerprint density at radius 3 is 2.20 bits per heavy atom. The van der Waals surface area contributed by atoms with E-state index in [1.54, 1.807) is 11.1 Å². The van der Waals surface area contributed by atoms with Gasteiger partial charge in [-0.1, -0.05) is 93.4 Å². The summed E-state index contributed by atoms with van der Waals surface area (Å²) < 4.78 is 0. The van der Waals surface area contributed by atoms with Crippen molar-refractivity contribution in [2.75, 3.05) is 0 Å². The molecule has 128 valence electrons. The van der Waals surface area contributed by atoms with Gasteiger partial charge < -0.3 is 0 Å². The predicted octanol–water partition coefficient (Wildman–Crippen LogP) is 6.47. The number of fused-ring (bicyclic) bond motifs is 5. The quantitative estimate of drug-likeness (QED) is 0.469. The van der Waals surface area contributed by atoms with Crippen molar-refractivity contribution in [2.45, 2.75) is 43.8 Å². The summed E-state index contributed by atoms with van der Waals surface area (Å²) in [5.74, 6) is 0. The second-order valence-electron chi connectivity index (χ2n) is 9.01. The minimum atomic E-state index is -1.49. The van der Waals surface area contributed by atoms with Crippen molar-refractivity contribution in [3.05, 3.63) is 71.8 Å². The SMILES string of the molecule is C[SiH](C)CC1([Si](C)(C)C)c2ccccc2-c2c1ccc1ccccc21. The first-order chi connectivity index (χ1) is 11.9. The van der Waals surface area contributed by atoms with Crippen molar-refractivity contribution in [2.24, 2.45) is 0 Å². The minimum absolute atomic E-state index is 0.267. The zero-order valence-electron chi connectivity index (χ0n) is 16.1. The topological polar surface area (TPSA) is 0 Å². The van der Waals surface area contributed by atoms with Crippen molar-refractivity contribution in [1.29, 1.82) is 0 Å². The second-order valence-corrected chi connectivity index (χ2v) is 17.6. The molecule has 3 aromatic rings. The van der Waals surface area contributed by atoms with E-state index in [2.05, 4.69) is 93.4 Å². The highest BCUT2D eigenvalue weighted by molar-refractivity contribution is 6.81. The van der Waals surface area contributed by atoms with Gasteiger partial charge in [0.25, 0.3) is 0 Å². The van der Waals surface area contributed by atoms with Crippen LogP contribution in [0, 0.1) is 0 Å². The Morgan fingerprint density at radius 1 is 0.800 bits per heavy atom. The average molecular weight is 361 g/mol. The van der Waals surface area contributed by atoms with Crippen LogP contribution in [0.3, 0.4) is 0 Å². The first-order valence-electron chi connectivity index (χ1n) is 9.48. The van der Waals surface area contributed by atoms with Crippen LogP contribution in [-0.4, -0.2) is 16.9 Å². The van der Waals surface area contributed by atoms with E-state index in [1.165, 1.54) is 27.9 Å². The molecule has 1 aliphatic carbocycles. The van der Waals surface area contributed by atoms with E-state index in [0.29, 0.717) is 0 Å². The zero-order valence-corrected chi connectivity index (χ0v) is 18.2. The molecule has 0 fully saturated rings. The van der Waals surface area contributed by atoms with Gasteiger partial charge in [-0.3, -0.25) is 0 Å². The maximum atomic E-state index is 2.57. The lowest BCUT2D eigenvalue weighted by molar-refractivity contribution is 0.788. The molecule has 0 saturated carbocycles. The molecular formula is C23H28Si2. The van der Waals surface area contributed by atoms with E-state index in [1.807, 2.05) is 0 Å². The average Bonchev–Trinajstić information content (AvgIpc) is 2.86. The third kappa shape index (κ3) is 2.31. The second kappa shape index (κ2) is 5.68. The third-order valence-corrected chi connectivity index (χ3v) is 11.2. The Labute approximate surface area is 154 Å². The Morgan fingerprint density at radius 2 is 1.48 bits per heavy atom. The number of rotatable bonds is 3. The molecule has 0 spiro atoms. The van der Waals surface area contributed by atoms with E-state index in [0.717, 1.165) is 0 Å². The van der Waals surface area contributed by atoms with Gasteiger partial charge in [0.1, 0.15) is 0 Å². The Bertz CT molecular complexity index is 950. The van der Waals surface area contributed by atoms with Gasteiger partial charge in [-0.05, 0) is 39.1 Å². The van der Waals surface area contributed by atoms with Crippen LogP contribution in [0.1, 0.15) is 11.1 Å². The van der Waals surface area contributed by atoms with Gasteiger partial charge in [-0.2, -0.15) is 0 Å². The van der Waals surface area contributed by atoms with Crippen LogP contribution in [0.2, 0.25) is 38.8 Å². The van der Waals surface area contributed by atoms with E-state index < -0.39 is 16.9 Å². The van der Waals surface area contributed by atoms with Crippen molar-refractivity contribution in [3.63, 3.8) is 0 Å². The van der Waals surface area contributed by atoms with Crippen molar-refractivity contribution in [3.8, 4) is 11.1 Å². The fraction of sp³-hybridized carbons (Fsp3) is 0.304. The van der Waals surface area contributed by atoms with Crippen LogP contribution in [0.4, 0.5) is 0 Å². The van der Waals surface area contributed by atoms with Crippen molar-refractivity contribution < 1.29 is 0 Å². The summed E-state index contributed by atoms with van der Waals surface area (Å²) in [6.07, 6.45) is 0. The van der Waals surface area contributed by atoms with Gasteiger partial charge in [0.2, 0.25) is 0 Å². The number of hydrogen-bond donors (Lipinski definition) is 0. The van der Waals surface area contributed by atoms with Crippen LogP contribution >= 0.6 is 0 Å². The molecule has 0 saturated heterocycles. The largest absolute Gasteiger partial charge is 0.0722 e. The van der Waals surface area contributed by atoms with Crippen LogP contribution in [0.5, 0.6) is 0 Å². The highest BCUT2D eigenvalue weighted by atomic mass is 28.3. The van der Waals surface area contributed by atoms with Crippen LogP contribution in [0.25, 0.3) is 21.9 Å². The molecule has 0 radical (unpaired) electrons. The van der Waals surface area contributed by atoms with E-state index in [-0.39, 0.29) is 5.04 Å². The summed E-state index contributed by atoms with van der Waals surface area (Å²) >= 11 is 0. The highest BCUT2D eigenvalue weighted by Gasteiger charge is 2.52. The lowest BCUT2D eigenvalue weighted by atomic mass is 9.95. The molecule has 25 heavy (non-hydrogen) atoms. The van der Waals surface area contributed by atoms with Gasteiger partial charge in [0.15, 0.2) is 0 Å². The molecule has 1 unspecified atom stereocenters. The fourth-order valence-corrected chi connectivity index (χ4v) is 12.5. The molecule has 0 aliphatic heterocycles. The molecular weight excluding hydrogens is 332 g/mol. The van der Waals surface area contributed by atoms with Gasteiger partial charge in [0, 0.05) is 13.8 Å². The molecule has 0 nitrogen and oxygen atoms in total. The highest BCUT2D eigenvalue weighted by Crippen LogP contribution is 2.57. The molecule has 4 rings (SSSR count). The summed E-state index contributed by atoms with van der Waals surface area (Å²) in [7, 11) is -2.23. The van der Waals surface area contributed by atoms with E-state index >= 15 is 0 Å². The molecule has 0 heterocycles. The molecule has 0 bridgehead atoms. The molecule has 2 heteroatoms. The maximum absolute atomic E-state index is 2.57. The van der Waals surface area contributed by atoms with E-state index in [9.17, 15) is 0 Å². The maximum Gasteiger partial charge on any atom is 0.0609 e. The summed E-state index contributed by atoms with van der Waals surface area (Å²) in [6, 6.07) is 24.4. The predicted molar refractivity (Wildman–Crippen MR) is 117 cm³/mol. The van der Waals surface area contributed by atoms with Gasteiger partial charge in [-0.25, -0.2) is 0 Å². The monoisotopic (exact) mass is 360 g/mol. The summed E-state index contributed by atoms with van der Waals surface area (Å²) in [6.45, 7) is 12.8.